The SMILES string of the molecule is Cc1c(C)c(C)c(S(=O)(=O)N2CCN(C(=O)[C@@H](C)NC(=O)C(C)C)CC2)c(C)c1C. The maximum absolute atomic E-state index is 13.4. The largest absolute Gasteiger partial charge is 0.344 e. The van der Waals surface area contributed by atoms with Crippen molar-refractivity contribution in [3.8, 4) is 0 Å². The van der Waals surface area contributed by atoms with Gasteiger partial charge in [0.2, 0.25) is 21.8 Å². The fraction of sp³-hybridized carbons (Fsp3) is 0.636. The second-order valence-electron chi connectivity index (χ2n) is 8.57. The van der Waals surface area contributed by atoms with Crippen LogP contribution in [0, 0.1) is 40.5 Å². The van der Waals surface area contributed by atoms with E-state index >= 15 is 0 Å². The molecule has 7 nitrogen and oxygen atoms in total. The van der Waals surface area contributed by atoms with E-state index in [2.05, 4.69) is 5.32 Å². The van der Waals surface area contributed by atoms with Crippen molar-refractivity contribution in [3.05, 3.63) is 27.8 Å². The molecule has 0 spiro atoms. The predicted octanol–water partition coefficient (Wildman–Crippen LogP) is 2.22. The summed E-state index contributed by atoms with van der Waals surface area (Å²) in [5.41, 5.74) is 4.70. The van der Waals surface area contributed by atoms with Gasteiger partial charge < -0.3 is 10.2 Å². The molecule has 168 valence electrons. The number of carbonyl (C=O) groups excluding carboxylic acids is 2. The van der Waals surface area contributed by atoms with Crippen molar-refractivity contribution >= 4 is 21.8 Å². The Balaban J connectivity index is 2.17. The summed E-state index contributed by atoms with van der Waals surface area (Å²) >= 11 is 0. The van der Waals surface area contributed by atoms with Crippen LogP contribution >= 0.6 is 0 Å². The van der Waals surface area contributed by atoms with Gasteiger partial charge in [0, 0.05) is 32.1 Å². The van der Waals surface area contributed by atoms with Crippen LogP contribution in [0.5, 0.6) is 0 Å². The van der Waals surface area contributed by atoms with Gasteiger partial charge in [0.15, 0.2) is 0 Å². The Kier molecular flexibility index (Phi) is 7.35. The van der Waals surface area contributed by atoms with Gasteiger partial charge >= 0.3 is 0 Å². The van der Waals surface area contributed by atoms with Gasteiger partial charge in [-0.1, -0.05) is 13.8 Å². The van der Waals surface area contributed by atoms with E-state index in [9.17, 15) is 18.0 Å². The van der Waals surface area contributed by atoms with E-state index in [1.165, 1.54) is 4.31 Å². The number of hydrogen-bond donors (Lipinski definition) is 1. The molecule has 0 saturated carbocycles. The van der Waals surface area contributed by atoms with E-state index < -0.39 is 16.1 Å². The third kappa shape index (κ3) is 4.54. The molecule has 30 heavy (non-hydrogen) atoms. The zero-order valence-corrected chi connectivity index (χ0v) is 20.2. The molecule has 0 aromatic heterocycles. The Morgan fingerprint density at radius 2 is 1.23 bits per heavy atom. The van der Waals surface area contributed by atoms with Crippen LogP contribution in [0.3, 0.4) is 0 Å². The molecular formula is C22H35N3O4S. The monoisotopic (exact) mass is 437 g/mol. The average Bonchev–Trinajstić information content (AvgIpc) is 2.70. The summed E-state index contributed by atoms with van der Waals surface area (Å²) in [6.07, 6.45) is 0. The number of benzene rings is 1. The summed E-state index contributed by atoms with van der Waals surface area (Å²) < 4.78 is 28.4. The summed E-state index contributed by atoms with van der Waals surface area (Å²) in [4.78, 5) is 26.5. The van der Waals surface area contributed by atoms with Crippen molar-refractivity contribution in [2.24, 2.45) is 5.92 Å². The highest BCUT2D eigenvalue weighted by Gasteiger charge is 2.34. The molecule has 1 atom stereocenters. The van der Waals surface area contributed by atoms with Crippen molar-refractivity contribution in [1.29, 1.82) is 0 Å². The zero-order valence-electron chi connectivity index (χ0n) is 19.4. The van der Waals surface area contributed by atoms with E-state index in [1.54, 1.807) is 25.7 Å². The molecule has 0 unspecified atom stereocenters. The van der Waals surface area contributed by atoms with Crippen LogP contribution in [0.4, 0.5) is 0 Å². The molecule has 1 fully saturated rings. The lowest BCUT2D eigenvalue weighted by atomic mass is 9.95. The molecule has 8 heteroatoms. The topological polar surface area (TPSA) is 86.8 Å². The minimum Gasteiger partial charge on any atom is -0.344 e. The van der Waals surface area contributed by atoms with E-state index in [0.29, 0.717) is 18.0 Å². The highest BCUT2D eigenvalue weighted by Crippen LogP contribution is 2.31. The Morgan fingerprint density at radius 3 is 1.67 bits per heavy atom. The van der Waals surface area contributed by atoms with Gasteiger partial charge in [-0.15, -0.1) is 0 Å². The maximum Gasteiger partial charge on any atom is 0.244 e. The van der Waals surface area contributed by atoms with Crippen LogP contribution in [0.2, 0.25) is 0 Å². The van der Waals surface area contributed by atoms with Gasteiger partial charge in [0.05, 0.1) is 4.90 Å². The smallest absolute Gasteiger partial charge is 0.244 e. The maximum atomic E-state index is 13.4. The Labute approximate surface area is 180 Å². The number of nitrogens with zero attached hydrogens (tertiary/aromatic N) is 2. The van der Waals surface area contributed by atoms with Crippen LogP contribution in [0.15, 0.2) is 4.90 Å². The molecule has 2 amide bonds. The first-order valence-corrected chi connectivity index (χ1v) is 11.9. The lowest BCUT2D eigenvalue weighted by molar-refractivity contribution is -0.137. The third-order valence-corrected chi connectivity index (χ3v) is 8.51. The van der Waals surface area contributed by atoms with Crippen molar-refractivity contribution in [2.75, 3.05) is 26.2 Å². The van der Waals surface area contributed by atoms with Crippen molar-refractivity contribution in [3.63, 3.8) is 0 Å². The average molecular weight is 438 g/mol. The Morgan fingerprint density at radius 1 is 0.800 bits per heavy atom. The number of rotatable bonds is 5. The van der Waals surface area contributed by atoms with Gasteiger partial charge in [-0.05, 0) is 69.4 Å². The predicted molar refractivity (Wildman–Crippen MR) is 118 cm³/mol. The van der Waals surface area contributed by atoms with E-state index in [1.807, 2.05) is 34.6 Å². The van der Waals surface area contributed by atoms with Gasteiger partial charge in [0.1, 0.15) is 6.04 Å². The first kappa shape index (κ1) is 24.3. The standard InChI is InChI=1S/C22H35N3O4S/c1-13(2)21(26)23-19(8)22(27)24-9-11-25(12-10-24)30(28,29)20-17(6)15(4)14(3)16(5)18(20)7/h13,19H,9-12H2,1-8H3,(H,23,26)/t19-/m1/s1. The van der Waals surface area contributed by atoms with Gasteiger partial charge in [-0.3, -0.25) is 9.59 Å². The van der Waals surface area contributed by atoms with Crippen molar-refractivity contribution in [2.45, 2.75) is 66.3 Å². The van der Waals surface area contributed by atoms with E-state index in [-0.39, 0.29) is 30.8 Å². The highest BCUT2D eigenvalue weighted by molar-refractivity contribution is 7.89. The summed E-state index contributed by atoms with van der Waals surface area (Å²) in [5, 5.41) is 2.71. The van der Waals surface area contributed by atoms with Crippen LogP contribution in [-0.2, 0) is 19.6 Å². The summed E-state index contributed by atoms with van der Waals surface area (Å²) in [7, 11) is -3.66. The molecule has 1 aromatic carbocycles. The fourth-order valence-electron chi connectivity index (χ4n) is 3.85. The first-order chi connectivity index (χ1) is 13.8. The number of nitrogens with one attached hydrogen (secondary N) is 1. The molecule has 1 aromatic rings. The highest BCUT2D eigenvalue weighted by atomic mass is 32.2. The van der Waals surface area contributed by atoms with E-state index in [4.69, 9.17) is 0 Å². The van der Waals surface area contributed by atoms with E-state index in [0.717, 1.165) is 27.8 Å². The summed E-state index contributed by atoms with van der Waals surface area (Å²) in [5.74, 6) is -0.557. The zero-order chi connectivity index (χ0) is 23.0. The Bertz CT molecular complexity index is 917. The minimum absolute atomic E-state index is 0.173. The quantitative estimate of drug-likeness (QED) is 0.765. The first-order valence-electron chi connectivity index (χ1n) is 10.5. The molecule has 0 bridgehead atoms. The second kappa shape index (κ2) is 9.06. The molecule has 2 rings (SSSR count). The van der Waals surface area contributed by atoms with Gasteiger partial charge in [-0.25, -0.2) is 8.42 Å². The lowest BCUT2D eigenvalue weighted by Gasteiger charge is -2.36. The molecule has 1 aliphatic rings. The van der Waals surface area contributed by atoms with Crippen LogP contribution in [0.25, 0.3) is 0 Å². The molecule has 1 N–H and O–H groups in total. The number of sulfonamides is 1. The van der Waals surface area contributed by atoms with Gasteiger partial charge in [-0.2, -0.15) is 4.31 Å². The number of amides is 2. The van der Waals surface area contributed by atoms with Gasteiger partial charge in [0.25, 0.3) is 0 Å². The van der Waals surface area contributed by atoms with Crippen molar-refractivity contribution in [1.82, 2.24) is 14.5 Å². The minimum atomic E-state index is -3.66. The molecule has 1 saturated heterocycles. The third-order valence-electron chi connectivity index (χ3n) is 6.33. The number of carbonyl (C=O) groups is 2. The molecule has 1 aliphatic heterocycles. The van der Waals surface area contributed by atoms with Crippen LogP contribution in [-0.4, -0.2) is 61.7 Å². The molecular weight excluding hydrogens is 402 g/mol. The fourth-order valence-corrected chi connectivity index (χ4v) is 5.83. The molecule has 0 aliphatic carbocycles. The van der Waals surface area contributed by atoms with Crippen LogP contribution < -0.4 is 5.32 Å². The van der Waals surface area contributed by atoms with Crippen LogP contribution in [0.1, 0.15) is 48.6 Å². The molecule has 1 heterocycles. The summed E-state index contributed by atoms with van der Waals surface area (Å²) in [6.45, 7) is 16.0. The normalized spacial score (nSPS) is 16.6. The van der Waals surface area contributed by atoms with Crippen molar-refractivity contribution < 1.29 is 18.0 Å². The second-order valence-corrected chi connectivity index (χ2v) is 10.4. The number of hydrogen-bond acceptors (Lipinski definition) is 4. The molecule has 0 radical (unpaired) electrons. The summed E-state index contributed by atoms with van der Waals surface area (Å²) in [6, 6.07) is -0.630. The Hall–Kier alpha value is -1.93. The number of piperazine rings is 1. The lowest BCUT2D eigenvalue weighted by Crippen LogP contribution is -2.55.